The van der Waals surface area contributed by atoms with Crippen molar-refractivity contribution in [3.8, 4) is 0 Å². The molecule has 1 saturated heterocycles. The van der Waals surface area contributed by atoms with Gasteiger partial charge in [0.25, 0.3) is 0 Å². The van der Waals surface area contributed by atoms with Gasteiger partial charge in [-0.25, -0.2) is 9.48 Å². The summed E-state index contributed by atoms with van der Waals surface area (Å²) in [5.41, 5.74) is 5.93. The van der Waals surface area contributed by atoms with Crippen molar-refractivity contribution in [1.29, 1.82) is 0 Å². The Kier molecular flexibility index (Phi) is 5.98. The molecule has 2 aromatic rings. The first-order chi connectivity index (χ1) is 13.0. The van der Waals surface area contributed by atoms with Crippen molar-refractivity contribution in [2.75, 3.05) is 23.7 Å². The molecule has 3 amide bonds. The van der Waals surface area contributed by atoms with E-state index < -0.39 is 0 Å². The van der Waals surface area contributed by atoms with E-state index in [2.05, 4.69) is 20.6 Å². The van der Waals surface area contributed by atoms with Crippen molar-refractivity contribution >= 4 is 35.0 Å². The van der Waals surface area contributed by atoms with Gasteiger partial charge in [-0.05, 0) is 31.9 Å². The lowest BCUT2D eigenvalue weighted by Gasteiger charge is -2.35. The van der Waals surface area contributed by atoms with E-state index in [0.717, 1.165) is 25.9 Å². The molecule has 1 unspecified atom stereocenters. The van der Waals surface area contributed by atoms with Gasteiger partial charge in [0.2, 0.25) is 5.91 Å². The lowest BCUT2D eigenvalue weighted by molar-refractivity contribution is -0.123. The Hall–Kier alpha value is -2.58. The van der Waals surface area contributed by atoms with E-state index in [4.69, 9.17) is 17.3 Å². The van der Waals surface area contributed by atoms with Crippen LogP contribution in [0.2, 0.25) is 5.02 Å². The summed E-state index contributed by atoms with van der Waals surface area (Å²) in [5, 5.41) is 10.4. The fourth-order valence-electron chi connectivity index (χ4n) is 3.23. The number of amides is 3. The third-order valence-corrected chi connectivity index (χ3v) is 5.17. The molecule has 144 valence electrons. The van der Waals surface area contributed by atoms with E-state index in [1.54, 1.807) is 36.5 Å². The lowest BCUT2D eigenvalue weighted by atomic mass is 10.0. The second kappa shape index (κ2) is 8.41. The molecule has 2 heterocycles. The minimum absolute atomic E-state index is 0.145. The molecule has 4 N–H and O–H groups in total. The molecule has 0 radical (unpaired) electrons. The Bertz CT molecular complexity index is 816. The zero-order valence-electron chi connectivity index (χ0n) is 15.1. The molecule has 1 aliphatic heterocycles. The number of piperidine rings is 1. The first kappa shape index (κ1) is 19.2. The van der Waals surface area contributed by atoms with Gasteiger partial charge in [0.1, 0.15) is 5.82 Å². The molecule has 9 heteroatoms. The summed E-state index contributed by atoms with van der Waals surface area (Å²) in [6.45, 7) is 3.32. The molecule has 8 nitrogen and oxygen atoms in total. The van der Waals surface area contributed by atoms with Crippen molar-refractivity contribution in [2.24, 2.45) is 5.73 Å². The Morgan fingerprint density at radius 1 is 1.22 bits per heavy atom. The highest BCUT2D eigenvalue weighted by Crippen LogP contribution is 2.26. The predicted molar refractivity (Wildman–Crippen MR) is 105 cm³/mol. The number of halogens is 1. The zero-order chi connectivity index (χ0) is 19.4. The van der Waals surface area contributed by atoms with Crippen molar-refractivity contribution < 1.29 is 9.59 Å². The number of rotatable bonds is 5. The van der Waals surface area contributed by atoms with E-state index >= 15 is 0 Å². The van der Waals surface area contributed by atoms with Gasteiger partial charge in [0.05, 0.1) is 29.0 Å². The van der Waals surface area contributed by atoms with Crippen LogP contribution in [0.25, 0.3) is 0 Å². The van der Waals surface area contributed by atoms with Crippen LogP contribution in [0.1, 0.15) is 25.8 Å². The summed E-state index contributed by atoms with van der Waals surface area (Å²) in [7, 11) is 0. The molecular weight excluding hydrogens is 368 g/mol. The number of hydrogen-bond donors (Lipinski definition) is 3. The molecular formula is C18H23ClN6O2. The maximum Gasteiger partial charge on any atom is 0.324 e. The third kappa shape index (κ3) is 4.58. The molecule has 0 spiro atoms. The fraction of sp³-hybridized carbons (Fsp3) is 0.389. The molecule has 1 aromatic heterocycles. The van der Waals surface area contributed by atoms with Crippen LogP contribution in [0.15, 0.2) is 36.5 Å². The number of para-hydroxylation sites is 1. The smallest absolute Gasteiger partial charge is 0.324 e. The number of carbonyl (C=O) groups excluding carboxylic acids is 2. The first-order valence-electron chi connectivity index (χ1n) is 8.85. The summed E-state index contributed by atoms with van der Waals surface area (Å²) in [4.78, 5) is 25.7. The second-order valence-corrected chi connectivity index (χ2v) is 6.97. The van der Waals surface area contributed by atoms with Gasteiger partial charge in [-0.2, -0.15) is 5.10 Å². The topological polar surface area (TPSA) is 105 Å². The van der Waals surface area contributed by atoms with Gasteiger partial charge in [-0.15, -0.1) is 0 Å². The minimum atomic E-state index is -0.385. The van der Waals surface area contributed by atoms with Gasteiger partial charge in [-0.3, -0.25) is 15.0 Å². The number of hydrogen-bond acceptors (Lipinski definition) is 4. The molecule has 1 atom stereocenters. The maximum absolute atomic E-state index is 12.3. The largest absolute Gasteiger partial charge is 0.368 e. The highest BCUT2D eigenvalue weighted by molar-refractivity contribution is 6.33. The van der Waals surface area contributed by atoms with Gasteiger partial charge < -0.3 is 11.1 Å². The standard InChI is InChI=1S/C18H23ClN6O2/c1-12(17(20)26)24-10-7-13(8-11-24)25-16(6-9-21-25)23-18(27)22-15-5-3-2-4-14(15)19/h2-6,9,12-13H,7-8,10-11H2,1H3,(H2,20,26)(H2,22,23,27). The normalized spacial score (nSPS) is 16.7. The lowest BCUT2D eigenvalue weighted by Crippen LogP contribution is -2.46. The molecule has 27 heavy (non-hydrogen) atoms. The summed E-state index contributed by atoms with van der Waals surface area (Å²) in [5.74, 6) is 0.298. The van der Waals surface area contributed by atoms with Crippen molar-refractivity contribution in [2.45, 2.75) is 31.8 Å². The highest BCUT2D eigenvalue weighted by atomic mass is 35.5. The molecule has 0 bridgehead atoms. The van der Waals surface area contributed by atoms with Gasteiger partial charge >= 0.3 is 6.03 Å². The maximum atomic E-state index is 12.3. The van der Waals surface area contributed by atoms with Gasteiger partial charge in [-0.1, -0.05) is 23.7 Å². The van der Waals surface area contributed by atoms with E-state index in [0.29, 0.717) is 16.5 Å². The molecule has 1 fully saturated rings. The Morgan fingerprint density at radius 3 is 2.59 bits per heavy atom. The SMILES string of the molecule is CC(C(N)=O)N1CCC(n2nccc2NC(=O)Nc2ccccc2Cl)CC1. The summed E-state index contributed by atoms with van der Waals surface area (Å²) in [6, 6.07) is 8.28. The van der Waals surface area contributed by atoms with E-state index in [9.17, 15) is 9.59 Å². The molecule has 1 aromatic carbocycles. The van der Waals surface area contributed by atoms with Crippen molar-refractivity contribution in [3.05, 3.63) is 41.6 Å². The number of carbonyl (C=O) groups is 2. The third-order valence-electron chi connectivity index (χ3n) is 4.84. The van der Waals surface area contributed by atoms with Crippen LogP contribution in [0, 0.1) is 0 Å². The predicted octanol–water partition coefficient (Wildman–Crippen LogP) is 2.69. The van der Waals surface area contributed by atoms with E-state index in [1.165, 1.54) is 0 Å². The zero-order valence-corrected chi connectivity index (χ0v) is 15.8. The van der Waals surface area contributed by atoms with Crippen LogP contribution in [-0.2, 0) is 4.79 Å². The number of anilines is 2. The monoisotopic (exact) mass is 390 g/mol. The summed E-state index contributed by atoms with van der Waals surface area (Å²) >= 11 is 6.07. The number of aromatic nitrogens is 2. The second-order valence-electron chi connectivity index (χ2n) is 6.57. The molecule has 3 rings (SSSR count). The number of likely N-dealkylation sites (tertiary alicyclic amines) is 1. The number of nitrogens with zero attached hydrogens (tertiary/aromatic N) is 3. The average Bonchev–Trinajstić information content (AvgIpc) is 3.11. The quantitative estimate of drug-likeness (QED) is 0.729. The number of nitrogens with two attached hydrogens (primary N) is 1. The number of nitrogens with one attached hydrogen (secondary N) is 2. The van der Waals surface area contributed by atoms with Gasteiger partial charge in [0, 0.05) is 19.2 Å². The molecule has 0 saturated carbocycles. The highest BCUT2D eigenvalue weighted by Gasteiger charge is 2.27. The van der Waals surface area contributed by atoms with Crippen LogP contribution in [0.3, 0.4) is 0 Å². The number of benzene rings is 1. The summed E-state index contributed by atoms with van der Waals surface area (Å²) in [6.07, 6.45) is 3.30. The van der Waals surface area contributed by atoms with Crippen molar-refractivity contribution in [1.82, 2.24) is 14.7 Å². The Morgan fingerprint density at radius 2 is 1.93 bits per heavy atom. The minimum Gasteiger partial charge on any atom is -0.368 e. The van der Waals surface area contributed by atoms with Crippen molar-refractivity contribution in [3.63, 3.8) is 0 Å². The average molecular weight is 391 g/mol. The van der Waals surface area contributed by atoms with Crippen LogP contribution in [0.5, 0.6) is 0 Å². The molecule has 0 aliphatic carbocycles. The fourth-order valence-corrected chi connectivity index (χ4v) is 3.42. The van der Waals surface area contributed by atoms with Crippen LogP contribution in [-0.4, -0.2) is 45.8 Å². The van der Waals surface area contributed by atoms with E-state index in [-0.39, 0.29) is 24.0 Å². The Labute approximate surface area is 162 Å². The van der Waals surface area contributed by atoms with E-state index in [1.807, 2.05) is 11.6 Å². The van der Waals surface area contributed by atoms with Crippen LogP contribution in [0.4, 0.5) is 16.3 Å². The Balaban J connectivity index is 1.61. The number of urea groups is 1. The first-order valence-corrected chi connectivity index (χ1v) is 9.23. The van der Waals surface area contributed by atoms with Crippen LogP contribution >= 0.6 is 11.6 Å². The van der Waals surface area contributed by atoms with Crippen LogP contribution < -0.4 is 16.4 Å². The molecule has 1 aliphatic rings. The summed E-state index contributed by atoms with van der Waals surface area (Å²) < 4.78 is 1.82. The van der Waals surface area contributed by atoms with Gasteiger partial charge in [0.15, 0.2) is 0 Å². The number of primary amides is 1.